The molecule has 3 N–H and O–H groups in total. The van der Waals surface area contributed by atoms with Crippen LogP contribution in [0, 0.1) is 0 Å². The number of hydrogen-bond donors (Lipinski definition) is 3. The molecule has 0 radical (unpaired) electrons. The van der Waals surface area contributed by atoms with Crippen LogP contribution in [0.15, 0.2) is 48.5 Å². The molecular weight excluding hydrogens is 396 g/mol. The number of aromatic hydroxyl groups is 1. The standard InChI is InChI=1S/C24H36N2O3S/c1-30(28,29)20-23-19-22(11-12-24(23)27)14-18-26-16-8-3-2-7-15-25-17-13-21-9-5-4-6-10-21/h4-6,9-12,19,25-27H,2-3,7-8,13-18,20H2,1H3. The molecule has 2 aromatic carbocycles. The molecule has 0 aliphatic rings. The number of nitrogens with one attached hydrogen (secondary N) is 2. The molecular formula is C24H36N2O3S. The molecule has 0 aliphatic carbocycles. The number of sulfone groups is 1. The summed E-state index contributed by atoms with van der Waals surface area (Å²) in [4.78, 5) is 0. The third-order valence-electron chi connectivity index (χ3n) is 5.04. The Morgan fingerprint density at radius 2 is 1.37 bits per heavy atom. The Bertz CT molecular complexity index is 839. The smallest absolute Gasteiger partial charge is 0.151 e. The number of unbranched alkanes of at least 4 members (excludes halogenated alkanes) is 3. The molecule has 166 valence electrons. The van der Waals surface area contributed by atoms with Gasteiger partial charge in [-0.3, -0.25) is 0 Å². The van der Waals surface area contributed by atoms with Gasteiger partial charge < -0.3 is 15.7 Å². The molecule has 0 saturated heterocycles. The molecule has 0 aliphatic heterocycles. The highest BCUT2D eigenvalue weighted by Crippen LogP contribution is 2.21. The predicted molar refractivity (Wildman–Crippen MR) is 125 cm³/mol. The Morgan fingerprint density at radius 1 is 0.767 bits per heavy atom. The Kier molecular flexibility index (Phi) is 10.9. The lowest BCUT2D eigenvalue weighted by Crippen LogP contribution is -2.19. The van der Waals surface area contributed by atoms with Crippen molar-refractivity contribution < 1.29 is 13.5 Å². The largest absolute Gasteiger partial charge is 0.508 e. The second-order valence-electron chi connectivity index (χ2n) is 7.93. The van der Waals surface area contributed by atoms with E-state index in [0.717, 1.165) is 44.6 Å². The molecule has 0 spiro atoms. The van der Waals surface area contributed by atoms with Crippen molar-refractivity contribution in [2.75, 3.05) is 32.4 Å². The second-order valence-corrected chi connectivity index (χ2v) is 10.1. The van der Waals surface area contributed by atoms with Crippen LogP contribution in [-0.2, 0) is 28.4 Å². The molecule has 0 saturated carbocycles. The number of phenolic OH excluding ortho intramolecular Hbond substituents is 1. The number of hydrogen-bond acceptors (Lipinski definition) is 5. The average Bonchev–Trinajstić information content (AvgIpc) is 2.71. The summed E-state index contributed by atoms with van der Waals surface area (Å²) in [6, 6.07) is 15.8. The van der Waals surface area contributed by atoms with Gasteiger partial charge in [-0.2, -0.15) is 0 Å². The van der Waals surface area contributed by atoms with Crippen LogP contribution in [0.25, 0.3) is 0 Å². The topological polar surface area (TPSA) is 78.4 Å². The van der Waals surface area contributed by atoms with Crippen LogP contribution in [0.5, 0.6) is 5.75 Å². The molecule has 6 heteroatoms. The normalized spacial score (nSPS) is 11.6. The molecule has 2 aromatic rings. The zero-order valence-electron chi connectivity index (χ0n) is 18.1. The van der Waals surface area contributed by atoms with Crippen molar-refractivity contribution in [3.05, 3.63) is 65.2 Å². The summed E-state index contributed by atoms with van der Waals surface area (Å²) in [7, 11) is -3.16. The first-order valence-electron chi connectivity index (χ1n) is 10.9. The lowest BCUT2D eigenvalue weighted by molar-refractivity contribution is 0.469. The fourth-order valence-electron chi connectivity index (χ4n) is 3.41. The highest BCUT2D eigenvalue weighted by Gasteiger charge is 2.09. The second kappa shape index (κ2) is 13.4. The highest BCUT2D eigenvalue weighted by atomic mass is 32.2. The van der Waals surface area contributed by atoms with E-state index >= 15 is 0 Å². The maximum absolute atomic E-state index is 11.5. The molecule has 5 nitrogen and oxygen atoms in total. The molecule has 0 fully saturated rings. The van der Waals surface area contributed by atoms with E-state index in [0.29, 0.717) is 5.56 Å². The Balaban J connectivity index is 1.46. The van der Waals surface area contributed by atoms with Gasteiger partial charge in [0.15, 0.2) is 9.84 Å². The lowest BCUT2D eigenvalue weighted by Gasteiger charge is -2.09. The summed E-state index contributed by atoms with van der Waals surface area (Å²) in [5, 5.41) is 16.8. The highest BCUT2D eigenvalue weighted by molar-refractivity contribution is 7.89. The van der Waals surface area contributed by atoms with Gasteiger partial charge in [0.05, 0.1) is 5.75 Å². The van der Waals surface area contributed by atoms with Crippen molar-refractivity contribution in [1.29, 1.82) is 0 Å². The minimum Gasteiger partial charge on any atom is -0.508 e. The monoisotopic (exact) mass is 432 g/mol. The van der Waals surface area contributed by atoms with E-state index in [4.69, 9.17) is 0 Å². The van der Waals surface area contributed by atoms with Crippen molar-refractivity contribution in [3.63, 3.8) is 0 Å². The van der Waals surface area contributed by atoms with Crippen LogP contribution in [0.2, 0.25) is 0 Å². The lowest BCUT2D eigenvalue weighted by atomic mass is 10.1. The zero-order valence-corrected chi connectivity index (χ0v) is 18.9. The van der Waals surface area contributed by atoms with E-state index in [1.807, 2.05) is 6.07 Å². The molecule has 0 aromatic heterocycles. The van der Waals surface area contributed by atoms with Gasteiger partial charge in [0, 0.05) is 11.8 Å². The van der Waals surface area contributed by atoms with Crippen LogP contribution in [0.3, 0.4) is 0 Å². The van der Waals surface area contributed by atoms with Gasteiger partial charge in [-0.15, -0.1) is 0 Å². The molecule has 0 bridgehead atoms. The van der Waals surface area contributed by atoms with E-state index in [9.17, 15) is 13.5 Å². The first-order valence-corrected chi connectivity index (χ1v) is 12.9. The molecule has 0 atom stereocenters. The number of benzene rings is 2. The maximum Gasteiger partial charge on any atom is 0.151 e. The molecule has 0 unspecified atom stereocenters. The van der Waals surface area contributed by atoms with Gasteiger partial charge in [0.2, 0.25) is 0 Å². The van der Waals surface area contributed by atoms with Crippen LogP contribution < -0.4 is 10.6 Å². The minimum atomic E-state index is -3.16. The van der Waals surface area contributed by atoms with Gasteiger partial charge in [0.1, 0.15) is 5.75 Å². The maximum atomic E-state index is 11.5. The fraction of sp³-hybridized carbons (Fsp3) is 0.500. The molecule has 0 heterocycles. The first kappa shape index (κ1) is 24.4. The van der Waals surface area contributed by atoms with E-state index in [2.05, 4.69) is 41.0 Å². The van der Waals surface area contributed by atoms with Crippen LogP contribution >= 0.6 is 0 Å². The number of phenols is 1. The minimum absolute atomic E-state index is 0.0479. The summed E-state index contributed by atoms with van der Waals surface area (Å²) >= 11 is 0. The van der Waals surface area contributed by atoms with E-state index in [-0.39, 0.29) is 11.5 Å². The van der Waals surface area contributed by atoms with Crippen LogP contribution in [-0.4, -0.2) is 46.0 Å². The van der Waals surface area contributed by atoms with Crippen molar-refractivity contribution >= 4 is 9.84 Å². The summed E-state index contributed by atoms with van der Waals surface area (Å²) < 4.78 is 22.9. The van der Waals surface area contributed by atoms with Crippen molar-refractivity contribution in [2.24, 2.45) is 0 Å². The summed E-state index contributed by atoms with van der Waals surface area (Å²) in [6.45, 7) is 3.96. The third kappa shape index (κ3) is 10.8. The van der Waals surface area contributed by atoms with Gasteiger partial charge in [0.25, 0.3) is 0 Å². The average molecular weight is 433 g/mol. The predicted octanol–water partition coefficient (Wildman–Crippen LogP) is 3.46. The first-order chi connectivity index (χ1) is 14.4. The van der Waals surface area contributed by atoms with E-state index < -0.39 is 9.84 Å². The molecule has 0 amide bonds. The van der Waals surface area contributed by atoms with Gasteiger partial charge >= 0.3 is 0 Å². The van der Waals surface area contributed by atoms with Gasteiger partial charge in [-0.05, 0) is 69.1 Å². The Morgan fingerprint density at radius 3 is 1.97 bits per heavy atom. The molecule has 2 rings (SSSR count). The summed E-state index contributed by atoms with van der Waals surface area (Å²) in [6.07, 6.45) is 7.94. The fourth-order valence-corrected chi connectivity index (χ4v) is 4.20. The van der Waals surface area contributed by atoms with E-state index in [1.165, 1.54) is 37.5 Å². The molecule has 30 heavy (non-hydrogen) atoms. The Hall–Kier alpha value is -1.89. The third-order valence-corrected chi connectivity index (χ3v) is 5.88. The van der Waals surface area contributed by atoms with Gasteiger partial charge in [-0.1, -0.05) is 55.3 Å². The number of rotatable bonds is 15. The van der Waals surface area contributed by atoms with Crippen LogP contribution in [0.4, 0.5) is 0 Å². The van der Waals surface area contributed by atoms with Gasteiger partial charge in [-0.25, -0.2) is 8.42 Å². The zero-order chi connectivity index (χ0) is 21.7. The van der Waals surface area contributed by atoms with Crippen molar-refractivity contribution in [2.45, 2.75) is 44.3 Å². The summed E-state index contributed by atoms with van der Waals surface area (Å²) in [5.41, 5.74) is 2.91. The van der Waals surface area contributed by atoms with Crippen molar-refractivity contribution in [3.8, 4) is 5.75 Å². The summed E-state index contributed by atoms with van der Waals surface area (Å²) in [5.74, 6) is -0.0759. The van der Waals surface area contributed by atoms with Crippen molar-refractivity contribution in [1.82, 2.24) is 10.6 Å². The van der Waals surface area contributed by atoms with E-state index in [1.54, 1.807) is 12.1 Å². The Labute approximate surface area is 181 Å². The van der Waals surface area contributed by atoms with Crippen LogP contribution in [0.1, 0.15) is 42.4 Å². The SMILES string of the molecule is CS(=O)(=O)Cc1cc(CCNCCCCCCNCCc2ccccc2)ccc1O. The quantitative estimate of drug-likeness (QED) is 0.376.